The molecular weight excluding hydrogens is 248 g/mol. The van der Waals surface area contributed by atoms with E-state index < -0.39 is 0 Å². The summed E-state index contributed by atoms with van der Waals surface area (Å²) in [7, 11) is 1.58. The number of nitrogens with zero attached hydrogens (tertiary/aromatic N) is 2. The average Bonchev–Trinajstić information content (AvgIpc) is 3.05. The van der Waals surface area contributed by atoms with Gasteiger partial charge in [-0.2, -0.15) is 5.10 Å². The molecule has 7 heteroatoms. The van der Waals surface area contributed by atoms with Crippen molar-refractivity contribution in [3.8, 4) is 0 Å². The highest BCUT2D eigenvalue weighted by atomic mass is 16.4. The molecule has 0 radical (unpaired) electrons. The van der Waals surface area contributed by atoms with Crippen molar-refractivity contribution in [3.05, 3.63) is 36.0 Å². The van der Waals surface area contributed by atoms with E-state index in [4.69, 9.17) is 9.52 Å². The first kappa shape index (κ1) is 13.2. The van der Waals surface area contributed by atoms with Crippen LogP contribution < -0.4 is 10.6 Å². The van der Waals surface area contributed by atoms with Gasteiger partial charge in [0.05, 0.1) is 18.4 Å². The molecule has 0 aliphatic carbocycles. The van der Waals surface area contributed by atoms with Crippen LogP contribution in [0.5, 0.6) is 0 Å². The standard InChI is InChI=1S/C12H16N4O3/c1-13-12(18)7-16-6-9(4-15-16)14-5-10-2-3-11(8-17)19-10/h2-4,6,14,17H,5,7-8H2,1H3,(H,13,18). The molecule has 0 atom stereocenters. The van der Waals surface area contributed by atoms with Crippen LogP contribution >= 0.6 is 0 Å². The SMILES string of the molecule is CNC(=O)Cn1cc(NCc2ccc(CO)o2)cn1. The third kappa shape index (κ3) is 3.59. The molecule has 19 heavy (non-hydrogen) atoms. The number of carbonyl (C=O) groups excluding carboxylic acids is 1. The number of likely N-dealkylation sites (N-methyl/N-ethyl adjacent to an activating group) is 1. The molecule has 3 N–H and O–H groups in total. The van der Waals surface area contributed by atoms with Crippen LogP contribution in [-0.4, -0.2) is 27.8 Å². The fourth-order valence-electron chi connectivity index (χ4n) is 1.56. The summed E-state index contributed by atoms with van der Waals surface area (Å²) in [5.41, 5.74) is 0.797. The average molecular weight is 264 g/mol. The first-order valence-corrected chi connectivity index (χ1v) is 5.86. The molecule has 1 amide bonds. The smallest absolute Gasteiger partial charge is 0.241 e. The molecule has 2 aromatic heterocycles. The first-order valence-electron chi connectivity index (χ1n) is 5.86. The summed E-state index contributed by atoms with van der Waals surface area (Å²) in [6, 6.07) is 3.53. The lowest BCUT2D eigenvalue weighted by Gasteiger charge is -2.01. The number of hydrogen-bond donors (Lipinski definition) is 3. The second-order valence-electron chi connectivity index (χ2n) is 3.98. The fraction of sp³-hybridized carbons (Fsp3) is 0.333. The van der Waals surface area contributed by atoms with E-state index in [1.807, 2.05) is 0 Å². The predicted octanol–water partition coefficient (Wildman–Crippen LogP) is 0.326. The topological polar surface area (TPSA) is 92.3 Å². The number of aromatic nitrogens is 2. The second-order valence-corrected chi connectivity index (χ2v) is 3.98. The highest BCUT2D eigenvalue weighted by Crippen LogP contribution is 2.11. The van der Waals surface area contributed by atoms with Crippen molar-refractivity contribution in [2.75, 3.05) is 12.4 Å². The number of aliphatic hydroxyl groups is 1. The highest BCUT2D eigenvalue weighted by Gasteiger charge is 2.04. The molecule has 0 saturated heterocycles. The minimum Gasteiger partial charge on any atom is -0.462 e. The molecule has 0 aliphatic heterocycles. The number of rotatable bonds is 6. The third-order valence-electron chi connectivity index (χ3n) is 2.56. The number of hydrogen-bond acceptors (Lipinski definition) is 5. The van der Waals surface area contributed by atoms with Gasteiger partial charge >= 0.3 is 0 Å². The molecule has 102 valence electrons. The Kier molecular flexibility index (Phi) is 4.19. The molecule has 0 bridgehead atoms. The van der Waals surface area contributed by atoms with Crippen molar-refractivity contribution in [3.63, 3.8) is 0 Å². The molecule has 0 unspecified atom stereocenters. The molecule has 0 spiro atoms. The molecule has 0 fully saturated rings. The van der Waals surface area contributed by atoms with Gasteiger partial charge in [0.25, 0.3) is 0 Å². The Labute approximate surface area is 110 Å². The lowest BCUT2D eigenvalue weighted by atomic mass is 10.4. The fourth-order valence-corrected chi connectivity index (χ4v) is 1.56. The van der Waals surface area contributed by atoms with Gasteiger partial charge in [-0.25, -0.2) is 0 Å². The molecule has 7 nitrogen and oxygen atoms in total. The van der Waals surface area contributed by atoms with Gasteiger partial charge in [0.15, 0.2) is 0 Å². The minimum absolute atomic E-state index is 0.103. The zero-order valence-electron chi connectivity index (χ0n) is 10.6. The van der Waals surface area contributed by atoms with Crippen molar-refractivity contribution < 1.29 is 14.3 Å². The first-order chi connectivity index (χ1) is 9.21. The van der Waals surface area contributed by atoms with E-state index in [1.54, 1.807) is 36.3 Å². The summed E-state index contributed by atoms with van der Waals surface area (Å²) in [5.74, 6) is 1.16. The Morgan fingerprint density at radius 3 is 2.95 bits per heavy atom. The molecule has 2 heterocycles. The second kappa shape index (κ2) is 6.05. The molecular formula is C12H16N4O3. The molecule has 0 aromatic carbocycles. The van der Waals surface area contributed by atoms with E-state index in [1.165, 1.54) is 0 Å². The number of aliphatic hydroxyl groups excluding tert-OH is 1. The van der Waals surface area contributed by atoms with E-state index in [2.05, 4.69) is 15.7 Å². The van der Waals surface area contributed by atoms with Gasteiger partial charge in [-0.05, 0) is 12.1 Å². The Balaban J connectivity index is 1.87. The summed E-state index contributed by atoms with van der Waals surface area (Å²) < 4.78 is 6.88. The van der Waals surface area contributed by atoms with Gasteiger partial charge < -0.3 is 20.2 Å². The Morgan fingerprint density at radius 2 is 2.26 bits per heavy atom. The zero-order valence-corrected chi connectivity index (χ0v) is 10.6. The maximum absolute atomic E-state index is 11.2. The van der Waals surface area contributed by atoms with Gasteiger partial charge in [0, 0.05) is 13.2 Å². The Bertz CT molecular complexity index is 547. The van der Waals surface area contributed by atoms with Gasteiger partial charge in [0.2, 0.25) is 5.91 Å². The maximum Gasteiger partial charge on any atom is 0.241 e. The lowest BCUT2D eigenvalue weighted by Crippen LogP contribution is -2.23. The van der Waals surface area contributed by atoms with Crippen LogP contribution in [-0.2, 0) is 24.5 Å². The normalized spacial score (nSPS) is 10.4. The van der Waals surface area contributed by atoms with E-state index in [9.17, 15) is 4.79 Å². The monoisotopic (exact) mass is 264 g/mol. The number of anilines is 1. The van der Waals surface area contributed by atoms with Gasteiger partial charge in [0.1, 0.15) is 24.7 Å². The molecule has 0 saturated carbocycles. The number of carbonyl (C=O) groups is 1. The van der Waals surface area contributed by atoms with Crippen molar-refractivity contribution in [2.24, 2.45) is 0 Å². The van der Waals surface area contributed by atoms with Crippen LogP contribution in [0.4, 0.5) is 5.69 Å². The lowest BCUT2D eigenvalue weighted by molar-refractivity contribution is -0.121. The summed E-state index contributed by atoms with van der Waals surface area (Å²) in [6.45, 7) is 0.573. The van der Waals surface area contributed by atoms with Crippen LogP contribution in [0.2, 0.25) is 0 Å². The van der Waals surface area contributed by atoms with Crippen molar-refractivity contribution in [2.45, 2.75) is 19.7 Å². The molecule has 0 aliphatic rings. The largest absolute Gasteiger partial charge is 0.462 e. The number of furan rings is 1. The van der Waals surface area contributed by atoms with Gasteiger partial charge in [-0.1, -0.05) is 0 Å². The van der Waals surface area contributed by atoms with Crippen molar-refractivity contribution >= 4 is 11.6 Å². The van der Waals surface area contributed by atoms with E-state index >= 15 is 0 Å². The predicted molar refractivity (Wildman–Crippen MR) is 68.3 cm³/mol. The maximum atomic E-state index is 11.2. The molecule has 2 aromatic rings. The van der Waals surface area contributed by atoms with E-state index in [-0.39, 0.29) is 19.1 Å². The summed E-state index contributed by atoms with van der Waals surface area (Å²) >= 11 is 0. The van der Waals surface area contributed by atoms with Crippen LogP contribution in [0.3, 0.4) is 0 Å². The summed E-state index contributed by atoms with van der Waals surface area (Å²) in [4.78, 5) is 11.2. The van der Waals surface area contributed by atoms with Crippen LogP contribution in [0.15, 0.2) is 28.9 Å². The molecule has 2 rings (SSSR count). The summed E-state index contributed by atoms with van der Waals surface area (Å²) in [6.07, 6.45) is 3.38. The quantitative estimate of drug-likeness (QED) is 0.699. The van der Waals surface area contributed by atoms with Crippen molar-refractivity contribution in [1.82, 2.24) is 15.1 Å². The minimum atomic E-state index is -0.107. The zero-order chi connectivity index (χ0) is 13.7. The van der Waals surface area contributed by atoms with Crippen LogP contribution in [0.1, 0.15) is 11.5 Å². The highest BCUT2D eigenvalue weighted by molar-refractivity contribution is 5.75. The van der Waals surface area contributed by atoms with E-state index in [0.29, 0.717) is 12.3 Å². The third-order valence-corrected chi connectivity index (χ3v) is 2.56. The van der Waals surface area contributed by atoms with Gasteiger partial charge in [-0.15, -0.1) is 0 Å². The number of amides is 1. The van der Waals surface area contributed by atoms with E-state index in [0.717, 1.165) is 11.4 Å². The van der Waals surface area contributed by atoms with Crippen LogP contribution in [0.25, 0.3) is 0 Å². The number of nitrogens with one attached hydrogen (secondary N) is 2. The van der Waals surface area contributed by atoms with Crippen LogP contribution in [0, 0.1) is 0 Å². The Morgan fingerprint density at radius 1 is 1.47 bits per heavy atom. The van der Waals surface area contributed by atoms with Gasteiger partial charge in [-0.3, -0.25) is 9.48 Å². The summed E-state index contributed by atoms with van der Waals surface area (Å²) in [5, 5.41) is 18.6. The Hall–Kier alpha value is -2.28. The van der Waals surface area contributed by atoms with Crippen molar-refractivity contribution in [1.29, 1.82) is 0 Å².